The van der Waals surface area contributed by atoms with Crippen LogP contribution < -0.4 is 21.7 Å². The minimum Gasteiger partial charge on any atom is -0.477 e. The molecule has 39 heavy (non-hydrogen) atoms. The van der Waals surface area contributed by atoms with E-state index in [2.05, 4.69) is 26.1 Å². The van der Waals surface area contributed by atoms with Crippen molar-refractivity contribution in [2.24, 2.45) is 5.16 Å². The standard InChI is InChI=1S/C23H28N8O6S2/c24-23-27-14(10-39-23)15(29-37)18(32)28-16-20(34)31-17(22(35)36)12(9-38-21(16)31)7-11-2-5-30(19(11)33)6-4-26-13-1-3-25-8-13/h7,10,13,16,21,25-26,37H,1-6,8-9H2,(H2,24,27)(H,28,32)(H,35,36)/t13?,16-,21-/m1/s1. The summed E-state index contributed by atoms with van der Waals surface area (Å²) in [7, 11) is 0. The van der Waals surface area contributed by atoms with Crippen molar-refractivity contribution >= 4 is 57.6 Å². The summed E-state index contributed by atoms with van der Waals surface area (Å²) in [5.41, 5.74) is 5.90. The Kier molecular flexibility index (Phi) is 7.88. The van der Waals surface area contributed by atoms with Crippen LogP contribution in [-0.2, 0) is 19.2 Å². The number of β-lactam (4-membered cyclic amide) rings is 1. The number of carboxylic acid groups (broad SMARTS) is 1. The summed E-state index contributed by atoms with van der Waals surface area (Å²) >= 11 is 2.33. The van der Waals surface area contributed by atoms with Crippen LogP contribution in [0.25, 0.3) is 0 Å². The molecule has 0 saturated carbocycles. The molecule has 4 aliphatic heterocycles. The van der Waals surface area contributed by atoms with Crippen molar-refractivity contribution in [3.63, 3.8) is 0 Å². The molecule has 4 aliphatic rings. The van der Waals surface area contributed by atoms with Crippen LogP contribution in [0.4, 0.5) is 5.13 Å². The smallest absolute Gasteiger partial charge is 0.352 e. The van der Waals surface area contributed by atoms with Gasteiger partial charge in [-0.25, -0.2) is 9.78 Å². The Hall–Kier alpha value is -3.47. The number of nitrogens with one attached hydrogen (secondary N) is 3. The van der Waals surface area contributed by atoms with Crippen LogP contribution in [0, 0.1) is 0 Å². The Labute approximate surface area is 231 Å². The van der Waals surface area contributed by atoms with Gasteiger partial charge in [-0.15, -0.1) is 23.1 Å². The maximum Gasteiger partial charge on any atom is 0.352 e. The molecule has 0 aliphatic carbocycles. The van der Waals surface area contributed by atoms with Gasteiger partial charge in [0.15, 0.2) is 10.8 Å². The van der Waals surface area contributed by atoms with Crippen LogP contribution in [0.15, 0.2) is 33.5 Å². The highest BCUT2D eigenvalue weighted by Crippen LogP contribution is 2.41. The second-order valence-electron chi connectivity index (χ2n) is 9.42. The van der Waals surface area contributed by atoms with Crippen molar-refractivity contribution < 1.29 is 29.5 Å². The van der Waals surface area contributed by atoms with Crippen LogP contribution in [-0.4, -0.2) is 110 Å². The second kappa shape index (κ2) is 11.3. The number of hydrogen-bond donors (Lipinski definition) is 6. The minimum absolute atomic E-state index is 0.0547. The number of likely N-dealkylation sites (tertiary alicyclic amines) is 1. The Morgan fingerprint density at radius 3 is 2.85 bits per heavy atom. The van der Waals surface area contributed by atoms with Crippen molar-refractivity contribution in [3.8, 4) is 0 Å². The van der Waals surface area contributed by atoms with Crippen molar-refractivity contribution in [3.05, 3.63) is 34.0 Å². The summed E-state index contributed by atoms with van der Waals surface area (Å²) in [4.78, 5) is 57.6. The van der Waals surface area contributed by atoms with Gasteiger partial charge in [0.25, 0.3) is 11.8 Å². The van der Waals surface area contributed by atoms with E-state index < -0.39 is 34.9 Å². The van der Waals surface area contributed by atoms with E-state index in [0.717, 1.165) is 35.7 Å². The number of carboxylic acids is 1. The monoisotopic (exact) mass is 576 g/mol. The number of rotatable bonds is 9. The van der Waals surface area contributed by atoms with Crippen molar-refractivity contribution in [2.75, 3.05) is 44.2 Å². The summed E-state index contributed by atoms with van der Waals surface area (Å²) in [5.74, 6) is -2.65. The summed E-state index contributed by atoms with van der Waals surface area (Å²) in [6.45, 7) is 3.70. The predicted molar refractivity (Wildman–Crippen MR) is 143 cm³/mol. The molecule has 3 saturated heterocycles. The fraction of sp³-hybridized carbons (Fsp3) is 0.478. The van der Waals surface area contributed by atoms with E-state index in [4.69, 9.17) is 5.73 Å². The molecule has 1 aromatic rings. The van der Waals surface area contributed by atoms with Gasteiger partial charge >= 0.3 is 5.97 Å². The van der Waals surface area contributed by atoms with E-state index in [-0.39, 0.29) is 28.2 Å². The lowest BCUT2D eigenvalue weighted by molar-refractivity contribution is -0.150. The number of carbonyl (C=O) groups is 4. The Balaban J connectivity index is 1.25. The molecule has 1 unspecified atom stereocenters. The van der Waals surface area contributed by atoms with Gasteiger partial charge in [0.2, 0.25) is 5.91 Å². The first kappa shape index (κ1) is 27.1. The Morgan fingerprint density at radius 2 is 2.18 bits per heavy atom. The quantitative estimate of drug-likeness (QED) is 0.0674. The van der Waals surface area contributed by atoms with E-state index >= 15 is 0 Å². The van der Waals surface area contributed by atoms with Crippen LogP contribution in [0.5, 0.6) is 0 Å². The Morgan fingerprint density at radius 1 is 1.36 bits per heavy atom. The first-order valence-electron chi connectivity index (χ1n) is 12.4. The highest BCUT2D eigenvalue weighted by molar-refractivity contribution is 8.00. The number of fused-ring (bicyclic) bond motifs is 1. The number of aromatic nitrogens is 1. The van der Waals surface area contributed by atoms with Crippen LogP contribution in [0.3, 0.4) is 0 Å². The lowest BCUT2D eigenvalue weighted by Crippen LogP contribution is -2.71. The molecule has 7 N–H and O–H groups in total. The highest BCUT2D eigenvalue weighted by Gasteiger charge is 2.54. The number of nitrogen functional groups attached to an aromatic ring is 1. The van der Waals surface area contributed by atoms with Crippen LogP contribution >= 0.6 is 23.1 Å². The molecule has 1 aromatic heterocycles. The molecule has 3 fully saturated rings. The summed E-state index contributed by atoms with van der Waals surface area (Å²) in [5, 5.41) is 32.4. The lowest BCUT2D eigenvalue weighted by Gasteiger charge is -2.49. The maximum absolute atomic E-state index is 13.0. The number of carbonyl (C=O) groups excluding carboxylic acids is 3. The van der Waals surface area contributed by atoms with Gasteiger partial charge in [-0.05, 0) is 31.0 Å². The summed E-state index contributed by atoms with van der Waals surface area (Å²) < 4.78 is 0. The van der Waals surface area contributed by atoms with Gasteiger partial charge in [-0.3, -0.25) is 19.3 Å². The number of hydrogen-bond acceptors (Lipinski definition) is 12. The van der Waals surface area contributed by atoms with E-state index in [1.807, 2.05) is 0 Å². The number of nitrogens with zero attached hydrogens (tertiary/aromatic N) is 4. The minimum atomic E-state index is -1.29. The second-order valence-corrected chi connectivity index (χ2v) is 11.4. The van der Waals surface area contributed by atoms with Crippen molar-refractivity contribution in [1.82, 2.24) is 30.7 Å². The lowest BCUT2D eigenvalue weighted by atomic mass is 10.0. The SMILES string of the molecule is Nc1nc(C(=NO)C(=O)N[C@@H]2C(=O)N3C(C(=O)O)=C(C=C4CCN(CCNC5CCNC5)C4=O)CS[C@H]23)cs1. The molecule has 0 spiro atoms. The topological polar surface area (TPSA) is 203 Å². The van der Waals surface area contributed by atoms with Gasteiger partial charge in [0.05, 0.1) is 0 Å². The number of thiazole rings is 1. The first-order valence-corrected chi connectivity index (χ1v) is 14.3. The third-order valence-electron chi connectivity index (χ3n) is 7.00. The van der Waals surface area contributed by atoms with Crippen molar-refractivity contribution in [2.45, 2.75) is 30.3 Å². The average molecular weight is 577 g/mol. The zero-order chi connectivity index (χ0) is 27.7. The molecule has 3 atom stereocenters. The van der Waals surface area contributed by atoms with E-state index in [1.54, 1.807) is 11.0 Å². The zero-order valence-electron chi connectivity index (χ0n) is 20.8. The van der Waals surface area contributed by atoms with E-state index in [1.165, 1.54) is 17.1 Å². The van der Waals surface area contributed by atoms with E-state index in [9.17, 15) is 29.5 Å². The molecular weight excluding hydrogens is 548 g/mol. The molecule has 3 amide bonds. The molecule has 14 nitrogen and oxygen atoms in total. The summed E-state index contributed by atoms with van der Waals surface area (Å²) in [6, 6.07) is -0.616. The number of allylic oxidation sites excluding steroid dienone is 1. The first-order chi connectivity index (χ1) is 18.8. The van der Waals surface area contributed by atoms with Gasteiger partial charge < -0.3 is 36.9 Å². The fourth-order valence-corrected chi connectivity index (χ4v) is 6.88. The third-order valence-corrected chi connectivity index (χ3v) is 8.98. The van der Waals surface area contributed by atoms with Crippen LogP contribution in [0.2, 0.25) is 0 Å². The molecule has 0 radical (unpaired) electrons. The van der Waals surface area contributed by atoms with E-state index in [0.29, 0.717) is 43.2 Å². The molecule has 16 heteroatoms. The molecular formula is C23H28N8O6S2. The highest BCUT2D eigenvalue weighted by atomic mass is 32.2. The number of oxime groups is 1. The zero-order valence-corrected chi connectivity index (χ0v) is 22.4. The molecule has 5 rings (SSSR count). The predicted octanol–water partition coefficient (Wildman–Crippen LogP) is -1.25. The normalized spacial score (nSPS) is 26.3. The number of aliphatic carboxylic acids is 1. The van der Waals surface area contributed by atoms with Gasteiger partial charge in [0, 0.05) is 48.9 Å². The van der Waals surface area contributed by atoms with Gasteiger partial charge in [0.1, 0.15) is 22.8 Å². The van der Waals surface area contributed by atoms with Crippen molar-refractivity contribution in [1.29, 1.82) is 0 Å². The van der Waals surface area contributed by atoms with Gasteiger partial charge in [-0.1, -0.05) is 5.16 Å². The molecule has 0 bridgehead atoms. The molecule has 5 heterocycles. The maximum atomic E-state index is 13.0. The van der Waals surface area contributed by atoms with Gasteiger partial charge in [-0.2, -0.15) is 0 Å². The molecule has 0 aromatic carbocycles. The number of amides is 3. The molecule has 208 valence electrons. The largest absolute Gasteiger partial charge is 0.477 e. The number of thioether (sulfide) groups is 1. The number of anilines is 1. The summed E-state index contributed by atoms with van der Waals surface area (Å²) in [6.07, 6.45) is 3.14. The average Bonchev–Trinajstić information content (AvgIpc) is 3.66. The number of nitrogens with two attached hydrogens (primary N) is 1. The fourth-order valence-electron chi connectivity index (χ4n) is 5.03. The van der Waals surface area contributed by atoms with Crippen LogP contribution in [0.1, 0.15) is 18.5 Å². The Bertz CT molecular complexity index is 1290. The third kappa shape index (κ3) is 5.36.